The van der Waals surface area contributed by atoms with Gasteiger partial charge in [-0.3, -0.25) is 19.5 Å². The van der Waals surface area contributed by atoms with Gasteiger partial charge in [0.1, 0.15) is 11.5 Å². The summed E-state index contributed by atoms with van der Waals surface area (Å²) in [6.07, 6.45) is 10.8. The fourth-order valence-corrected chi connectivity index (χ4v) is 5.48. The van der Waals surface area contributed by atoms with Gasteiger partial charge in [0.05, 0.1) is 17.3 Å². The zero-order valence-electron chi connectivity index (χ0n) is 18.1. The monoisotopic (exact) mass is 421 g/mol. The second-order valence-corrected chi connectivity index (χ2v) is 9.24. The summed E-state index contributed by atoms with van der Waals surface area (Å²) in [5.41, 5.74) is 2.13. The first-order valence-electron chi connectivity index (χ1n) is 11.8. The summed E-state index contributed by atoms with van der Waals surface area (Å²) in [7, 11) is 0. The molecule has 1 atom stereocenters. The van der Waals surface area contributed by atoms with Crippen LogP contribution in [0.4, 0.5) is 0 Å². The molecule has 0 spiro atoms. The van der Waals surface area contributed by atoms with Crippen LogP contribution in [0, 0.1) is 5.92 Å². The summed E-state index contributed by atoms with van der Waals surface area (Å²) >= 11 is 0. The topological polar surface area (TPSA) is 82.2 Å². The minimum Gasteiger partial charge on any atom is -0.327 e. The van der Waals surface area contributed by atoms with Gasteiger partial charge < -0.3 is 9.88 Å². The molecule has 31 heavy (non-hydrogen) atoms. The Morgan fingerprint density at radius 2 is 1.97 bits per heavy atom. The van der Waals surface area contributed by atoms with E-state index >= 15 is 0 Å². The lowest BCUT2D eigenvalue weighted by Crippen LogP contribution is -2.40. The van der Waals surface area contributed by atoms with Crippen LogP contribution in [0.25, 0.3) is 0 Å². The van der Waals surface area contributed by atoms with E-state index in [1.165, 1.54) is 32.1 Å². The fourth-order valence-electron chi connectivity index (χ4n) is 5.48. The van der Waals surface area contributed by atoms with Crippen LogP contribution in [0.5, 0.6) is 0 Å². The van der Waals surface area contributed by atoms with E-state index in [2.05, 4.69) is 14.9 Å². The molecule has 7 nitrogen and oxygen atoms in total. The molecule has 1 aliphatic carbocycles. The lowest BCUT2D eigenvalue weighted by molar-refractivity contribution is 0.0723. The number of H-pyrrole nitrogens is 1. The van der Waals surface area contributed by atoms with E-state index in [-0.39, 0.29) is 17.5 Å². The second kappa shape index (κ2) is 8.91. The van der Waals surface area contributed by atoms with E-state index in [9.17, 15) is 9.59 Å². The molecule has 7 heteroatoms. The largest absolute Gasteiger partial charge is 0.327 e. The smallest absolute Gasteiger partial charge is 0.273 e. The standard InChI is InChI=1S/C24H31N5O2/c30-23-18-16-28(15-17-7-2-1-3-8-17)14-11-19(18)26-22(27-23)21-10-6-13-29(21)24(31)20-9-4-5-12-25-20/h4-5,9,12,17,21H,1-3,6-8,10-11,13-16H2,(H,26,27,30)/t21-/m0/s1. The quantitative estimate of drug-likeness (QED) is 0.820. The predicted molar refractivity (Wildman–Crippen MR) is 118 cm³/mol. The van der Waals surface area contributed by atoms with Gasteiger partial charge in [-0.1, -0.05) is 25.3 Å². The Morgan fingerprint density at radius 3 is 2.77 bits per heavy atom. The maximum absolute atomic E-state index is 13.0. The summed E-state index contributed by atoms with van der Waals surface area (Å²) in [5, 5.41) is 0. The minimum absolute atomic E-state index is 0.0366. The van der Waals surface area contributed by atoms with Crippen molar-refractivity contribution in [1.29, 1.82) is 0 Å². The zero-order valence-corrected chi connectivity index (χ0v) is 18.1. The van der Waals surface area contributed by atoms with Crippen molar-refractivity contribution in [3.05, 3.63) is 57.5 Å². The highest BCUT2D eigenvalue weighted by molar-refractivity contribution is 5.92. The third-order valence-electron chi connectivity index (χ3n) is 7.12. The van der Waals surface area contributed by atoms with Gasteiger partial charge >= 0.3 is 0 Å². The van der Waals surface area contributed by atoms with Crippen molar-refractivity contribution < 1.29 is 4.79 Å². The van der Waals surface area contributed by atoms with Gasteiger partial charge in [0.2, 0.25) is 0 Å². The van der Waals surface area contributed by atoms with Crippen LogP contribution in [-0.4, -0.2) is 50.3 Å². The Morgan fingerprint density at radius 1 is 1.10 bits per heavy atom. The number of nitrogens with zero attached hydrogens (tertiary/aromatic N) is 4. The highest BCUT2D eigenvalue weighted by Gasteiger charge is 2.34. The van der Waals surface area contributed by atoms with Crippen molar-refractivity contribution in [2.75, 3.05) is 19.6 Å². The Balaban J connectivity index is 1.33. The Bertz CT molecular complexity index is 983. The molecular weight excluding hydrogens is 390 g/mol. The molecule has 2 aliphatic heterocycles. The maximum atomic E-state index is 13.0. The number of carbonyl (C=O) groups is 1. The van der Waals surface area contributed by atoms with Crippen molar-refractivity contribution >= 4 is 5.91 Å². The van der Waals surface area contributed by atoms with Crippen LogP contribution in [0.3, 0.4) is 0 Å². The molecule has 164 valence electrons. The predicted octanol–water partition coefficient (Wildman–Crippen LogP) is 3.08. The summed E-state index contributed by atoms with van der Waals surface area (Å²) in [6, 6.07) is 5.18. The lowest BCUT2D eigenvalue weighted by atomic mass is 9.88. The molecule has 0 unspecified atom stereocenters. The molecule has 4 heterocycles. The number of aromatic amines is 1. The van der Waals surface area contributed by atoms with E-state index in [1.54, 1.807) is 18.3 Å². The maximum Gasteiger partial charge on any atom is 0.273 e. The molecule has 0 aromatic carbocycles. The normalized spacial score (nSPS) is 22.5. The summed E-state index contributed by atoms with van der Waals surface area (Å²) < 4.78 is 0. The van der Waals surface area contributed by atoms with Gasteiger partial charge in [0, 0.05) is 38.8 Å². The average molecular weight is 422 g/mol. The molecule has 5 rings (SSSR count). The number of carbonyl (C=O) groups excluding carboxylic acids is 1. The highest BCUT2D eigenvalue weighted by Crippen LogP contribution is 2.31. The molecule has 1 saturated carbocycles. The number of nitrogens with one attached hydrogen (secondary N) is 1. The summed E-state index contributed by atoms with van der Waals surface area (Å²) in [6.45, 7) is 3.40. The minimum atomic E-state index is -0.187. The number of hydrogen-bond donors (Lipinski definition) is 1. The summed E-state index contributed by atoms with van der Waals surface area (Å²) in [4.78, 5) is 42.3. The van der Waals surface area contributed by atoms with E-state index in [0.29, 0.717) is 24.6 Å². The van der Waals surface area contributed by atoms with Crippen LogP contribution in [0.15, 0.2) is 29.2 Å². The molecule has 3 aliphatic rings. The first kappa shape index (κ1) is 20.4. The molecule has 2 fully saturated rings. The van der Waals surface area contributed by atoms with Crippen LogP contribution in [0.2, 0.25) is 0 Å². The number of pyridine rings is 1. The number of rotatable bonds is 4. The van der Waals surface area contributed by atoms with Crippen LogP contribution >= 0.6 is 0 Å². The highest BCUT2D eigenvalue weighted by atomic mass is 16.2. The Labute approximate surface area is 182 Å². The van der Waals surface area contributed by atoms with Gasteiger partial charge in [0.15, 0.2) is 0 Å². The third kappa shape index (κ3) is 4.28. The van der Waals surface area contributed by atoms with Gasteiger partial charge in [-0.2, -0.15) is 0 Å². The average Bonchev–Trinajstić information content (AvgIpc) is 3.30. The van der Waals surface area contributed by atoms with E-state index in [4.69, 9.17) is 4.98 Å². The van der Waals surface area contributed by atoms with Gasteiger partial charge in [0.25, 0.3) is 11.5 Å². The Hall–Kier alpha value is -2.54. The molecule has 0 radical (unpaired) electrons. The number of fused-ring (bicyclic) bond motifs is 1. The number of amides is 1. The zero-order chi connectivity index (χ0) is 21.2. The molecular formula is C24H31N5O2. The van der Waals surface area contributed by atoms with Crippen LogP contribution in [-0.2, 0) is 13.0 Å². The molecule has 1 amide bonds. The second-order valence-electron chi connectivity index (χ2n) is 9.24. The Kier molecular flexibility index (Phi) is 5.85. The van der Waals surface area contributed by atoms with Crippen LogP contribution in [0.1, 0.15) is 78.6 Å². The van der Waals surface area contributed by atoms with E-state index in [0.717, 1.165) is 49.5 Å². The van der Waals surface area contributed by atoms with Crippen molar-refractivity contribution in [3.8, 4) is 0 Å². The van der Waals surface area contributed by atoms with Gasteiger partial charge in [-0.05, 0) is 43.7 Å². The lowest BCUT2D eigenvalue weighted by Gasteiger charge is -2.33. The van der Waals surface area contributed by atoms with Gasteiger partial charge in [-0.25, -0.2) is 4.98 Å². The third-order valence-corrected chi connectivity index (χ3v) is 7.12. The molecule has 1 saturated heterocycles. The first-order valence-corrected chi connectivity index (χ1v) is 11.8. The van der Waals surface area contributed by atoms with Crippen molar-refractivity contribution in [3.63, 3.8) is 0 Å². The first-order chi connectivity index (χ1) is 15.2. The number of aromatic nitrogens is 3. The molecule has 2 aromatic heterocycles. The number of likely N-dealkylation sites (tertiary alicyclic amines) is 1. The summed E-state index contributed by atoms with van der Waals surface area (Å²) in [5.74, 6) is 1.31. The van der Waals surface area contributed by atoms with Crippen molar-refractivity contribution in [2.24, 2.45) is 5.92 Å². The molecule has 2 aromatic rings. The van der Waals surface area contributed by atoms with Crippen LogP contribution < -0.4 is 5.56 Å². The van der Waals surface area contributed by atoms with E-state index in [1.807, 2.05) is 11.0 Å². The van der Waals surface area contributed by atoms with Crippen molar-refractivity contribution in [1.82, 2.24) is 24.8 Å². The molecule has 1 N–H and O–H groups in total. The van der Waals surface area contributed by atoms with Crippen molar-refractivity contribution in [2.45, 2.75) is 64.0 Å². The van der Waals surface area contributed by atoms with E-state index < -0.39 is 0 Å². The fraction of sp³-hybridized carbons (Fsp3) is 0.583. The molecule has 0 bridgehead atoms. The SMILES string of the molecule is O=C(c1ccccn1)N1CCC[C@H]1c1nc2c(c(=O)[nH]1)CN(CC1CCCCC1)CC2. The van der Waals surface area contributed by atoms with Gasteiger partial charge in [-0.15, -0.1) is 0 Å². The number of hydrogen-bond acceptors (Lipinski definition) is 5.